The number of aromatic nitrogens is 7. The van der Waals surface area contributed by atoms with E-state index in [1.807, 2.05) is 6.07 Å². The van der Waals surface area contributed by atoms with E-state index in [-0.39, 0.29) is 23.9 Å². The third-order valence-corrected chi connectivity index (χ3v) is 8.96. The topological polar surface area (TPSA) is 128 Å². The van der Waals surface area contributed by atoms with E-state index < -0.39 is 5.76 Å². The smallest absolute Gasteiger partial charge is 0.384 e. The normalized spacial score (nSPS) is 25.3. The first-order valence-electron chi connectivity index (χ1n) is 14.4. The highest BCUT2D eigenvalue weighted by molar-refractivity contribution is 6.30. The number of pyridine rings is 1. The van der Waals surface area contributed by atoms with Crippen LogP contribution in [0.2, 0.25) is 5.02 Å². The third-order valence-electron chi connectivity index (χ3n) is 8.76. The first kappa shape index (κ1) is 25.6. The number of aromatic amines is 1. The van der Waals surface area contributed by atoms with Crippen LogP contribution in [0.4, 0.5) is 5.95 Å². The molecule has 4 aromatic rings. The van der Waals surface area contributed by atoms with Crippen molar-refractivity contribution in [2.24, 2.45) is 11.8 Å². The lowest BCUT2D eigenvalue weighted by Gasteiger charge is -2.44. The second-order valence-electron chi connectivity index (χ2n) is 11.5. The molecule has 1 N–H and O–H groups in total. The Hall–Kier alpha value is -3.31. The van der Waals surface area contributed by atoms with Crippen molar-refractivity contribution in [1.82, 2.24) is 34.7 Å². The summed E-state index contributed by atoms with van der Waals surface area (Å²) in [6.07, 6.45) is 12.9. The number of ether oxygens (including phenoxy) is 1. The van der Waals surface area contributed by atoms with Gasteiger partial charge in [0.05, 0.1) is 23.8 Å². The minimum absolute atomic E-state index is 0.0132. The number of anilines is 1. The second-order valence-corrected chi connectivity index (χ2v) is 11.9. The quantitative estimate of drug-likeness (QED) is 0.361. The third kappa shape index (κ3) is 4.79. The van der Waals surface area contributed by atoms with Crippen LogP contribution in [-0.4, -0.2) is 60.0 Å². The summed E-state index contributed by atoms with van der Waals surface area (Å²) in [5.41, 5.74) is 2.74. The lowest BCUT2D eigenvalue weighted by molar-refractivity contribution is -0.00958. The van der Waals surface area contributed by atoms with Crippen LogP contribution in [0.3, 0.4) is 0 Å². The van der Waals surface area contributed by atoms with Gasteiger partial charge in [0, 0.05) is 31.0 Å². The van der Waals surface area contributed by atoms with Gasteiger partial charge in [-0.2, -0.15) is 4.98 Å². The molecule has 40 heavy (non-hydrogen) atoms. The number of H-pyrrole nitrogens is 1. The van der Waals surface area contributed by atoms with Crippen LogP contribution < -0.4 is 10.7 Å². The molecule has 2 atom stereocenters. The van der Waals surface area contributed by atoms with E-state index in [1.54, 1.807) is 12.4 Å². The first-order chi connectivity index (χ1) is 19.5. The molecule has 12 heteroatoms. The van der Waals surface area contributed by atoms with Crippen molar-refractivity contribution in [1.29, 1.82) is 0 Å². The molecule has 2 saturated carbocycles. The van der Waals surface area contributed by atoms with E-state index in [0.717, 1.165) is 48.9 Å². The van der Waals surface area contributed by atoms with Gasteiger partial charge in [0.25, 0.3) is 5.89 Å². The van der Waals surface area contributed by atoms with Crippen molar-refractivity contribution in [3.8, 4) is 23.0 Å². The monoisotopic (exact) mass is 564 g/mol. The number of fused-ring (bicyclic) bond motifs is 2. The van der Waals surface area contributed by atoms with Crippen LogP contribution in [0.1, 0.15) is 58.3 Å². The molecule has 2 aliphatic carbocycles. The molecule has 1 aliphatic heterocycles. The van der Waals surface area contributed by atoms with Crippen molar-refractivity contribution in [2.75, 3.05) is 18.1 Å². The second kappa shape index (κ2) is 10.6. The van der Waals surface area contributed by atoms with E-state index in [1.165, 1.54) is 38.5 Å². The van der Waals surface area contributed by atoms with E-state index in [4.69, 9.17) is 35.7 Å². The number of morpholine rings is 1. The summed E-state index contributed by atoms with van der Waals surface area (Å²) in [5.74, 6) is 1.73. The van der Waals surface area contributed by atoms with Crippen LogP contribution in [-0.2, 0) is 11.3 Å². The lowest BCUT2D eigenvalue weighted by Crippen LogP contribution is -2.53. The Kier molecular flexibility index (Phi) is 6.79. The van der Waals surface area contributed by atoms with Gasteiger partial charge in [0.1, 0.15) is 11.2 Å². The number of hydrogen-bond acceptors (Lipinski definition) is 9. The zero-order valence-electron chi connectivity index (χ0n) is 22.6. The largest absolute Gasteiger partial charge is 0.434 e. The zero-order valence-corrected chi connectivity index (χ0v) is 23.3. The zero-order chi connectivity index (χ0) is 27.2. The maximum Gasteiger partial charge on any atom is 0.434 e. The molecule has 1 saturated heterocycles. The summed E-state index contributed by atoms with van der Waals surface area (Å²) in [6.45, 7) is 4.62. The minimum atomic E-state index is -0.668. The average molecular weight is 565 g/mol. The Morgan fingerprint density at radius 2 is 1.93 bits per heavy atom. The molecule has 4 aromatic heterocycles. The molecule has 3 fully saturated rings. The van der Waals surface area contributed by atoms with E-state index in [0.29, 0.717) is 28.9 Å². The van der Waals surface area contributed by atoms with Crippen LogP contribution in [0.15, 0.2) is 27.7 Å². The minimum Gasteiger partial charge on any atom is -0.384 e. The summed E-state index contributed by atoms with van der Waals surface area (Å²) in [6, 6.07) is 2.11. The molecule has 11 nitrogen and oxygen atoms in total. The Balaban J connectivity index is 1.44. The molecule has 7 rings (SSSR count). The molecular weight excluding hydrogens is 532 g/mol. The fourth-order valence-corrected chi connectivity index (χ4v) is 6.87. The molecule has 3 aliphatic rings. The molecular formula is C28H33ClN8O3. The molecule has 0 aromatic carbocycles. The van der Waals surface area contributed by atoms with Crippen molar-refractivity contribution in [3.05, 3.63) is 34.0 Å². The van der Waals surface area contributed by atoms with Gasteiger partial charge >= 0.3 is 5.76 Å². The summed E-state index contributed by atoms with van der Waals surface area (Å²) in [5, 5.41) is 6.80. The van der Waals surface area contributed by atoms with Crippen molar-refractivity contribution in [3.63, 3.8) is 0 Å². The molecule has 210 valence electrons. The number of hydrogen-bond donors (Lipinski definition) is 1. The number of imidazole rings is 1. The standard InChI is InChI=1S/C28H33ClN8O3/c1-16-6-8-17(9-7-16)15-37-23-22(18-12-19(29)14-30-13-18)31-25(26-34-35-28(38)40-26)32-24(23)33-27(37)36-10-11-39-21-5-3-2-4-20(21)36/h12-14,16-17,20-21H,2-11,15H2,1H3,(H,35,38)/t16?,17?,20-,21+/m1/s1. The maximum absolute atomic E-state index is 11.8. The number of rotatable bonds is 5. The highest BCUT2D eigenvalue weighted by atomic mass is 35.5. The van der Waals surface area contributed by atoms with E-state index in [2.05, 4.69) is 31.6 Å². The number of nitrogens with zero attached hydrogens (tertiary/aromatic N) is 7. The fraction of sp³-hybridized carbons (Fsp3) is 0.571. The molecule has 0 unspecified atom stereocenters. The van der Waals surface area contributed by atoms with Gasteiger partial charge in [-0.25, -0.2) is 19.9 Å². The van der Waals surface area contributed by atoms with Crippen LogP contribution in [0, 0.1) is 11.8 Å². The summed E-state index contributed by atoms with van der Waals surface area (Å²) in [4.78, 5) is 33.4. The molecule has 0 spiro atoms. The van der Waals surface area contributed by atoms with Gasteiger partial charge in [0.2, 0.25) is 11.8 Å². The molecule has 0 amide bonds. The summed E-state index contributed by atoms with van der Waals surface area (Å²) in [7, 11) is 0. The molecule has 0 radical (unpaired) electrons. The van der Waals surface area contributed by atoms with Crippen molar-refractivity contribution >= 4 is 28.7 Å². The Labute approximate surface area is 236 Å². The van der Waals surface area contributed by atoms with Gasteiger partial charge < -0.3 is 18.6 Å². The summed E-state index contributed by atoms with van der Waals surface area (Å²) >= 11 is 6.39. The van der Waals surface area contributed by atoms with Gasteiger partial charge in [-0.15, -0.1) is 5.10 Å². The van der Waals surface area contributed by atoms with Crippen LogP contribution in [0.25, 0.3) is 34.1 Å². The van der Waals surface area contributed by atoms with Crippen LogP contribution >= 0.6 is 11.6 Å². The maximum atomic E-state index is 11.8. The SMILES string of the molecule is CC1CCC(Cn2c(N3CCO[C@H]4CCCC[C@H]43)nc3nc(-c4n[nH]c(=O)o4)nc(-c4cncc(Cl)c4)c32)CC1. The molecule has 0 bridgehead atoms. The molecule has 5 heterocycles. The highest BCUT2D eigenvalue weighted by Gasteiger charge is 2.37. The Bertz CT molecular complexity index is 1570. The van der Waals surface area contributed by atoms with E-state index in [9.17, 15) is 4.79 Å². The predicted molar refractivity (Wildman–Crippen MR) is 150 cm³/mol. The predicted octanol–water partition coefficient (Wildman–Crippen LogP) is 4.86. The Morgan fingerprint density at radius 1 is 1.07 bits per heavy atom. The van der Waals surface area contributed by atoms with Gasteiger partial charge in [0.15, 0.2) is 5.65 Å². The van der Waals surface area contributed by atoms with Crippen LogP contribution in [0.5, 0.6) is 0 Å². The number of nitrogens with one attached hydrogen (secondary N) is 1. The van der Waals surface area contributed by atoms with Gasteiger partial charge in [-0.3, -0.25) is 4.98 Å². The van der Waals surface area contributed by atoms with Crippen molar-refractivity contribution < 1.29 is 9.15 Å². The summed E-state index contributed by atoms with van der Waals surface area (Å²) < 4.78 is 13.8. The number of halogens is 1. The fourth-order valence-electron chi connectivity index (χ4n) is 6.70. The Morgan fingerprint density at radius 3 is 2.73 bits per heavy atom. The average Bonchev–Trinajstić information content (AvgIpc) is 3.57. The van der Waals surface area contributed by atoms with Crippen molar-refractivity contribution in [2.45, 2.75) is 77.0 Å². The van der Waals surface area contributed by atoms with Gasteiger partial charge in [-0.1, -0.05) is 44.2 Å². The van der Waals surface area contributed by atoms with E-state index >= 15 is 0 Å². The van der Waals surface area contributed by atoms with Gasteiger partial charge in [-0.05, 0) is 43.6 Å². The lowest BCUT2D eigenvalue weighted by atomic mass is 9.83. The first-order valence-corrected chi connectivity index (χ1v) is 14.7. The highest BCUT2D eigenvalue weighted by Crippen LogP contribution is 2.38.